The summed E-state index contributed by atoms with van der Waals surface area (Å²) in [7, 11) is 0. The van der Waals surface area contributed by atoms with Crippen LogP contribution in [0.2, 0.25) is 0 Å². The molecule has 0 aromatic carbocycles. The predicted octanol–water partition coefficient (Wildman–Crippen LogP) is 4.32. The molecule has 2 unspecified atom stereocenters. The number of piperidine rings is 1. The molecule has 1 aliphatic heterocycles. The van der Waals surface area contributed by atoms with E-state index in [4.69, 9.17) is 4.74 Å². The van der Waals surface area contributed by atoms with Crippen LogP contribution in [0, 0.1) is 16.0 Å². The predicted molar refractivity (Wildman–Crippen MR) is 107 cm³/mol. The van der Waals surface area contributed by atoms with Crippen LogP contribution >= 0.6 is 0 Å². The number of aromatic nitrogens is 1. The number of anilines is 1. The monoisotopic (exact) mass is 444 g/mol. The fraction of sp³-hybridized carbons (Fsp3) is 0.700. The molecular weight excluding hydrogens is 417 g/mol. The first-order chi connectivity index (χ1) is 14.3. The number of alkyl carbamates (subject to hydrolysis) is 1. The highest BCUT2D eigenvalue weighted by atomic mass is 19.4. The molecule has 31 heavy (non-hydrogen) atoms. The molecule has 11 heteroatoms. The molecule has 1 amide bonds. The molecule has 1 aromatic rings. The Labute approximate surface area is 178 Å². The van der Waals surface area contributed by atoms with E-state index in [2.05, 4.69) is 10.3 Å². The van der Waals surface area contributed by atoms with Crippen molar-refractivity contribution in [3.63, 3.8) is 0 Å². The molecule has 2 heterocycles. The number of nitrogens with one attached hydrogen (secondary N) is 1. The Bertz CT molecular complexity index is 869. The lowest BCUT2D eigenvalue weighted by atomic mass is 9.92. The van der Waals surface area contributed by atoms with Crippen molar-refractivity contribution in [2.75, 3.05) is 18.0 Å². The second-order valence-corrected chi connectivity index (χ2v) is 9.28. The van der Waals surface area contributed by atoms with Gasteiger partial charge in [-0.2, -0.15) is 13.2 Å². The van der Waals surface area contributed by atoms with Crippen LogP contribution in [-0.2, 0) is 11.2 Å². The number of carbonyl (C=O) groups is 1. The van der Waals surface area contributed by atoms with Crippen molar-refractivity contribution in [1.82, 2.24) is 10.3 Å². The molecule has 0 bridgehead atoms. The quantitative estimate of drug-likeness (QED) is 0.551. The molecular formula is C20H27F3N4O4. The van der Waals surface area contributed by atoms with Crippen LogP contribution in [-0.4, -0.2) is 46.9 Å². The zero-order valence-electron chi connectivity index (χ0n) is 18.0. The van der Waals surface area contributed by atoms with Gasteiger partial charge in [-0.25, -0.2) is 4.79 Å². The molecule has 3 rings (SSSR count). The van der Waals surface area contributed by atoms with E-state index in [1.165, 1.54) is 4.90 Å². The molecule has 0 spiro atoms. The van der Waals surface area contributed by atoms with Crippen LogP contribution in [0.1, 0.15) is 57.7 Å². The number of alkyl halides is 3. The SMILES string of the molecule is CC1CCc2c1ncc([N+](=O)[O-])c2N1CC(NC(=O)OC(C)(C)C)C[C@@H](C(F)(F)F)C1. The maximum Gasteiger partial charge on any atom is 0.407 e. The third-order valence-corrected chi connectivity index (χ3v) is 5.60. The van der Waals surface area contributed by atoms with Crippen molar-refractivity contribution in [1.29, 1.82) is 0 Å². The molecule has 172 valence electrons. The Morgan fingerprint density at radius 3 is 2.58 bits per heavy atom. The third kappa shape index (κ3) is 5.19. The number of ether oxygens (including phenoxy) is 1. The van der Waals surface area contributed by atoms with E-state index in [1.807, 2.05) is 6.92 Å². The van der Waals surface area contributed by atoms with Crippen molar-refractivity contribution in [2.45, 2.75) is 70.7 Å². The zero-order valence-corrected chi connectivity index (χ0v) is 18.0. The minimum atomic E-state index is -4.51. The highest BCUT2D eigenvalue weighted by Gasteiger charge is 2.46. The molecule has 2 aliphatic rings. The number of nitrogens with zero attached hydrogens (tertiary/aromatic N) is 3. The second kappa shape index (κ2) is 8.16. The van der Waals surface area contributed by atoms with E-state index < -0.39 is 41.3 Å². The Kier molecular flexibility index (Phi) is 6.07. The van der Waals surface area contributed by atoms with Gasteiger partial charge in [-0.05, 0) is 46.0 Å². The minimum absolute atomic E-state index is 0.0114. The Morgan fingerprint density at radius 2 is 2.00 bits per heavy atom. The first-order valence-corrected chi connectivity index (χ1v) is 10.2. The van der Waals surface area contributed by atoms with Gasteiger partial charge in [-0.15, -0.1) is 0 Å². The summed E-state index contributed by atoms with van der Waals surface area (Å²) in [6.45, 7) is 6.50. The van der Waals surface area contributed by atoms with Crippen molar-refractivity contribution in [3.05, 3.63) is 27.6 Å². The molecule has 3 atom stereocenters. The smallest absolute Gasteiger partial charge is 0.407 e. The van der Waals surface area contributed by atoms with Gasteiger partial charge in [0, 0.05) is 24.3 Å². The van der Waals surface area contributed by atoms with E-state index in [-0.39, 0.29) is 30.3 Å². The first kappa shape index (κ1) is 23.1. The highest BCUT2D eigenvalue weighted by molar-refractivity contribution is 5.71. The van der Waals surface area contributed by atoms with Crippen LogP contribution in [0.3, 0.4) is 0 Å². The Hall–Kier alpha value is -2.59. The third-order valence-electron chi connectivity index (χ3n) is 5.60. The van der Waals surface area contributed by atoms with E-state index >= 15 is 0 Å². The molecule has 1 saturated heterocycles. The number of hydrogen-bond acceptors (Lipinski definition) is 6. The molecule has 8 nitrogen and oxygen atoms in total. The summed E-state index contributed by atoms with van der Waals surface area (Å²) in [5.41, 5.74) is 0.380. The summed E-state index contributed by atoms with van der Waals surface area (Å²) in [6.07, 6.45) is -3.28. The molecule has 0 radical (unpaired) electrons. The van der Waals surface area contributed by atoms with Gasteiger partial charge in [-0.1, -0.05) is 6.92 Å². The topological polar surface area (TPSA) is 97.6 Å². The maximum atomic E-state index is 13.7. The van der Waals surface area contributed by atoms with Crippen molar-refractivity contribution < 1.29 is 27.6 Å². The molecule has 0 saturated carbocycles. The molecule has 1 aliphatic carbocycles. The first-order valence-electron chi connectivity index (χ1n) is 10.2. The van der Waals surface area contributed by atoms with Crippen molar-refractivity contribution >= 4 is 17.5 Å². The van der Waals surface area contributed by atoms with Gasteiger partial charge in [-0.3, -0.25) is 15.1 Å². The summed E-state index contributed by atoms with van der Waals surface area (Å²) in [6, 6.07) is -0.877. The number of halogens is 3. The molecule has 1 fully saturated rings. The second-order valence-electron chi connectivity index (χ2n) is 9.28. The van der Waals surface area contributed by atoms with Crippen molar-refractivity contribution in [2.24, 2.45) is 5.92 Å². The number of pyridine rings is 1. The highest BCUT2D eigenvalue weighted by Crippen LogP contribution is 2.44. The average molecular weight is 444 g/mol. The van der Waals surface area contributed by atoms with E-state index in [1.54, 1.807) is 20.8 Å². The summed E-state index contributed by atoms with van der Waals surface area (Å²) in [4.78, 5) is 28.8. The Morgan fingerprint density at radius 1 is 1.32 bits per heavy atom. The normalized spacial score (nSPS) is 24.0. The maximum absolute atomic E-state index is 13.7. The lowest BCUT2D eigenvalue weighted by molar-refractivity contribution is -0.384. The van der Waals surface area contributed by atoms with Crippen molar-refractivity contribution in [3.8, 4) is 0 Å². The van der Waals surface area contributed by atoms with Gasteiger partial charge >= 0.3 is 18.0 Å². The van der Waals surface area contributed by atoms with Crippen LogP contribution in [0.5, 0.6) is 0 Å². The Balaban J connectivity index is 1.96. The number of fused-ring (bicyclic) bond motifs is 1. The minimum Gasteiger partial charge on any atom is -0.444 e. The molecule has 1 aromatic heterocycles. The summed E-state index contributed by atoms with van der Waals surface area (Å²) in [5, 5.41) is 14.2. The van der Waals surface area contributed by atoms with Gasteiger partial charge in [0.15, 0.2) is 0 Å². The van der Waals surface area contributed by atoms with Gasteiger partial charge in [0.05, 0.1) is 16.9 Å². The van der Waals surface area contributed by atoms with Crippen LogP contribution in [0.25, 0.3) is 0 Å². The lowest BCUT2D eigenvalue weighted by Crippen LogP contribution is -2.54. The standard InChI is InChI=1S/C20H27F3N4O4/c1-11-5-6-14-16(11)24-8-15(27(29)30)17(14)26-9-12(20(21,22)23)7-13(10-26)25-18(28)31-19(2,3)4/h8,11-13H,5-7,9-10H2,1-4H3,(H,25,28)/t11?,12-,13?/m1/s1. The van der Waals surface area contributed by atoms with Crippen LogP contribution < -0.4 is 10.2 Å². The average Bonchev–Trinajstić information content (AvgIpc) is 2.99. The number of nitro groups is 1. The fourth-order valence-electron chi connectivity index (χ4n) is 4.30. The fourth-order valence-corrected chi connectivity index (χ4v) is 4.30. The van der Waals surface area contributed by atoms with E-state index in [0.29, 0.717) is 17.7 Å². The lowest BCUT2D eigenvalue weighted by Gasteiger charge is -2.40. The van der Waals surface area contributed by atoms with Gasteiger partial charge < -0.3 is 15.0 Å². The van der Waals surface area contributed by atoms with Gasteiger partial charge in [0.2, 0.25) is 0 Å². The zero-order chi connectivity index (χ0) is 23.1. The number of hydrogen-bond donors (Lipinski definition) is 1. The van der Waals surface area contributed by atoms with Gasteiger partial charge in [0.1, 0.15) is 17.5 Å². The number of amides is 1. The van der Waals surface area contributed by atoms with E-state index in [0.717, 1.165) is 12.6 Å². The van der Waals surface area contributed by atoms with Crippen LogP contribution in [0.4, 0.5) is 29.3 Å². The van der Waals surface area contributed by atoms with E-state index in [9.17, 15) is 28.1 Å². The number of rotatable bonds is 3. The summed E-state index contributed by atoms with van der Waals surface area (Å²) < 4.78 is 46.3. The molecule has 1 N–H and O–H groups in total. The number of carbonyl (C=O) groups excluding carboxylic acids is 1. The summed E-state index contributed by atoms with van der Waals surface area (Å²) >= 11 is 0. The van der Waals surface area contributed by atoms with Crippen LogP contribution in [0.15, 0.2) is 6.20 Å². The van der Waals surface area contributed by atoms with Gasteiger partial charge in [0.25, 0.3) is 0 Å². The summed E-state index contributed by atoms with van der Waals surface area (Å²) in [5.74, 6) is -1.67. The largest absolute Gasteiger partial charge is 0.444 e.